The lowest BCUT2D eigenvalue weighted by Crippen LogP contribution is -2.14. The number of aryl methyl sites for hydroxylation is 1. The number of hydrogen-bond acceptors (Lipinski definition) is 9. The lowest BCUT2D eigenvalue weighted by molar-refractivity contribution is -0.113. The lowest BCUT2D eigenvalue weighted by atomic mass is 10.4. The van der Waals surface area contributed by atoms with Gasteiger partial charge in [-0.3, -0.25) is 9.36 Å². The number of ether oxygens (including phenoxy) is 1. The van der Waals surface area contributed by atoms with Gasteiger partial charge in [-0.15, -0.1) is 10.2 Å². The van der Waals surface area contributed by atoms with Gasteiger partial charge in [0.25, 0.3) is 0 Å². The Balaban J connectivity index is 1.64. The zero-order valence-electron chi connectivity index (χ0n) is 16.3. The molecule has 0 aliphatic rings. The van der Waals surface area contributed by atoms with Crippen LogP contribution in [-0.2, 0) is 16.1 Å². The Labute approximate surface area is 175 Å². The third kappa shape index (κ3) is 5.04. The second-order valence-electron chi connectivity index (χ2n) is 5.93. The number of nitrogens with one attached hydrogen (secondary N) is 1. The summed E-state index contributed by atoms with van der Waals surface area (Å²) in [6.07, 6.45) is 2.47. The van der Waals surface area contributed by atoms with Crippen LogP contribution in [0, 0.1) is 6.92 Å². The normalized spacial score (nSPS) is 10.9. The van der Waals surface area contributed by atoms with Crippen molar-refractivity contribution in [3.63, 3.8) is 0 Å². The maximum absolute atomic E-state index is 12.3. The predicted octanol–water partition coefficient (Wildman–Crippen LogP) is 3.62. The minimum absolute atomic E-state index is 0.132. The molecular formula is C18H21N5O4S2. The zero-order chi connectivity index (χ0) is 20.8. The van der Waals surface area contributed by atoms with Crippen LogP contribution < -0.4 is 5.32 Å². The van der Waals surface area contributed by atoms with Crippen molar-refractivity contribution in [3.05, 3.63) is 29.0 Å². The van der Waals surface area contributed by atoms with Gasteiger partial charge < -0.3 is 14.5 Å². The van der Waals surface area contributed by atoms with E-state index in [-0.39, 0.29) is 18.3 Å². The summed E-state index contributed by atoms with van der Waals surface area (Å²) in [5.41, 5.74) is 0.530. The number of nitrogens with zero attached hydrogens (tertiary/aromatic N) is 4. The highest BCUT2D eigenvalue weighted by molar-refractivity contribution is 7.99. The van der Waals surface area contributed by atoms with Gasteiger partial charge in [0.2, 0.25) is 5.91 Å². The van der Waals surface area contributed by atoms with Crippen molar-refractivity contribution < 1.29 is 18.7 Å². The quantitative estimate of drug-likeness (QED) is 0.401. The maximum atomic E-state index is 12.3. The summed E-state index contributed by atoms with van der Waals surface area (Å²) in [6.45, 7) is 6.49. The Hall–Kier alpha value is -2.66. The van der Waals surface area contributed by atoms with E-state index in [0.29, 0.717) is 39.0 Å². The minimum Gasteiger partial charge on any atom is -0.462 e. The topological polar surface area (TPSA) is 112 Å². The van der Waals surface area contributed by atoms with Gasteiger partial charge in [-0.2, -0.15) is 0 Å². The number of furan rings is 1. The SMILES string of the molecule is CCCn1c(SCC(=O)Nc2nc(C)c(C(=O)OCC)s2)nnc1-c1ccco1. The molecule has 3 aromatic heterocycles. The molecule has 0 aliphatic heterocycles. The van der Waals surface area contributed by atoms with Crippen LogP contribution in [0.2, 0.25) is 0 Å². The number of amides is 1. The van der Waals surface area contributed by atoms with Crippen LogP contribution in [0.1, 0.15) is 35.6 Å². The first-order valence-corrected chi connectivity index (χ1v) is 10.9. The van der Waals surface area contributed by atoms with Crippen molar-refractivity contribution in [2.75, 3.05) is 17.7 Å². The molecule has 0 spiro atoms. The first kappa shape index (κ1) is 21.1. The summed E-state index contributed by atoms with van der Waals surface area (Å²) in [5.74, 6) is 0.717. The molecule has 9 nitrogen and oxygen atoms in total. The Bertz CT molecular complexity index is 981. The van der Waals surface area contributed by atoms with Crippen LogP contribution >= 0.6 is 23.1 Å². The molecule has 0 fully saturated rings. The monoisotopic (exact) mass is 435 g/mol. The molecule has 3 aromatic rings. The Kier molecular flexibility index (Phi) is 7.04. The third-order valence-electron chi connectivity index (χ3n) is 3.74. The molecule has 0 atom stereocenters. The predicted molar refractivity (Wildman–Crippen MR) is 110 cm³/mol. The van der Waals surface area contributed by atoms with E-state index in [1.165, 1.54) is 11.8 Å². The summed E-state index contributed by atoms with van der Waals surface area (Å²) < 4.78 is 12.3. The van der Waals surface area contributed by atoms with Gasteiger partial charge in [0.05, 0.1) is 24.3 Å². The molecule has 0 radical (unpaired) electrons. The van der Waals surface area contributed by atoms with E-state index in [0.717, 1.165) is 17.8 Å². The van der Waals surface area contributed by atoms with E-state index in [4.69, 9.17) is 9.15 Å². The fourth-order valence-electron chi connectivity index (χ4n) is 2.53. The summed E-state index contributed by atoms with van der Waals surface area (Å²) in [5, 5.41) is 12.1. The van der Waals surface area contributed by atoms with E-state index in [1.54, 1.807) is 26.2 Å². The molecule has 29 heavy (non-hydrogen) atoms. The standard InChI is InChI=1S/C18H21N5O4S2/c1-4-8-23-15(12-7-6-9-27-12)21-22-18(23)28-10-13(24)20-17-19-11(3)14(29-17)16(25)26-5-2/h6-7,9H,4-5,8,10H2,1-3H3,(H,19,20,24). The summed E-state index contributed by atoms with van der Waals surface area (Å²) in [4.78, 5) is 28.8. The highest BCUT2D eigenvalue weighted by Crippen LogP contribution is 2.26. The van der Waals surface area contributed by atoms with Crippen LogP contribution in [0.5, 0.6) is 0 Å². The second-order valence-corrected chi connectivity index (χ2v) is 7.87. The summed E-state index contributed by atoms with van der Waals surface area (Å²) >= 11 is 2.38. The summed E-state index contributed by atoms with van der Waals surface area (Å²) in [7, 11) is 0. The fraction of sp³-hybridized carbons (Fsp3) is 0.389. The van der Waals surface area contributed by atoms with Crippen molar-refractivity contribution in [2.45, 2.75) is 38.9 Å². The number of anilines is 1. The first-order valence-electron chi connectivity index (χ1n) is 9.07. The molecule has 154 valence electrons. The van der Waals surface area contributed by atoms with Gasteiger partial charge in [-0.25, -0.2) is 9.78 Å². The maximum Gasteiger partial charge on any atom is 0.350 e. The van der Waals surface area contributed by atoms with Crippen LogP contribution in [0.25, 0.3) is 11.6 Å². The van der Waals surface area contributed by atoms with Crippen molar-refractivity contribution in [2.24, 2.45) is 0 Å². The zero-order valence-corrected chi connectivity index (χ0v) is 17.9. The number of hydrogen-bond donors (Lipinski definition) is 1. The van der Waals surface area contributed by atoms with E-state index in [2.05, 4.69) is 27.4 Å². The third-order valence-corrected chi connectivity index (χ3v) is 5.76. The fourth-order valence-corrected chi connectivity index (χ4v) is 4.17. The van der Waals surface area contributed by atoms with Crippen molar-refractivity contribution in [1.82, 2.24) is 19.7 Å². The first-order chi connectivity index (χ1) is 14.0. The minimum atomic E-state index is -0.435. The molecule has 0 saturated carbocycles. The Morgan fingerprint density at radius 3 is 2.86 bits per heavy atom. The molecule has 3 rings (SSSR count). The molecule has 3 heterocycles. The highest BCUT2D eigenvalue weighted by atomic mass is 32.2. The number of esters is 1. The molecular weight excluding hydrogens is 414 g/mol. The number of rotatable bonds is 9. The number of carbonyl (C=O) groups excluding carboxylic acids is 2. The number of aromatic nitrogens is 4. The van der Waals surface area contributed by atoms with Crippen LogP contribution in [-0.4, -0.2) is 44.0 Å². The van der Waals surface area contributed by atoms with Gasteiger partial charge in [-0.05, 0) is 32.4 Å². The molecule has 0 aliphatic carbocycles. The van der Waals surface area contributed by atoms with Crippen molar-refractivity contribution in [1.29, 1.82) is 0 Å². The molecule has 0 aromatic carbocycles. The van der Waals surface area contributed by atoms with Gasteiger partial charge >= 0.3 is 5.97 Å². The lowest BCUT2D eigenvalue weighted by Gasteiger charge is -2.07. The van der Waals surface area contributed by atoms with Gasteiger partial charge in [-0.1, -0.05) is 30.0 Å². The molecule has 11 heteroatoms. The van der Waals surface area contributed by atoms with Crippen LogP contribution in [0.4, 0.5) is 5.13 Å². The van der Waals surface area contributed by atoms with E-state index in [1.807, 2.05) is 10.6 Å². The van der Waals surface area contributed by atoms with Gasteiger partial charge in [0.1, 0.15) is 4.88 Å². The number of thiazole rings is 1. The van der Waals surface area contributed by atoms with E-state index < -0.39 is 5.97 Å². The number of carbonyl (C=O) groups is 2. The average Bonchev–Trinajstić information content (AvgIpc) is 3.41. The number of thioether (sulfide) groups is 1. The Morgan fingerprint density at radius 2 is 2.17 bits per heavy atom. The Morgan fingerprint density at radius 1 is 1.34 bits per heavy atom. The highest BCUT2D eigenvalue weighted by Gasteiger charge is 2.19. The van der Waals surface area contributed by atoms with Crippen LogP contribution in [0.3, 0.4) is 0 Å². The van der Waals surface area contributed by atoms with E-state index >= 15 is 0 Å². The van der Waals surface area contributed by atoms with Gasteiger partial charge in [0.15, 0.2) is 21.9 Å². The van der Waals surface area contributed by atoms with Crippen LogP contribution in [0.15, 0.2) is 28.0 Å². The largest absolute Gasteiger partial charge is 0.462 e. The van der Waals surface area contributed by atoms with Crippen molar-refractivity contribution in [3.8, 4) is 11.6 Å². The van der Waals surface area contributed by atoms with E-state index in [9.17, 15) is 9.59 Å². The molecule has 1 N–H and O–H groups in total. The van der Waals surface area contributed by atoms with Gasteiger partial charge in [0, 0.05) is 6.54 Å². The molecule has 0 saturated heterocycles. The summed E-state index contributed by atoms with van der Waals surface area (Å²) in [6, 6.07) is 3.62. The molecule has 0 unspecified atom stereocenters. The molecule has 1 amide bonds. The second kappa shape index (κ2) is 9.70. The molecule has 0 bridgehead atoms. The average molecular weight is 436 g/mol. The van der Waals surface area contributed by atoms with Crippen molar-refractivity contribution >= 4 is 40.1 Å². The smallest absolute Gasteiger partial charge is 0.350 e.